The summed E-state index contributed by atoms with van der Waals surface area (Å²) >= 11 is 12.1. The Labute approximate surface area is 151 Å². The minimum atomic E-state index is -0.429. The Kier molecular flexibility index (Phi) is 5.51. The predicted molar refractivity (Wildman–Crippen MR) is 94.8 cm³/mol. The van der Waals surface area contributed by atoms with Crippen LogP contribution in [0.3, 0.4) is 0 Å². The maximum atomic E-state index is 9.80. The molecule has 0 aliphatic carbocycles. The highest BCUT2D eigenvalue weighted by molar-refractivity contribution is 6.42. The number of nitrogens with zero attached hydrogens (tertiary/aromatic N) is 1. The number of ether oxygens (including phenoxy) is 2. The molecule has 0 saturated carbocycles. The van der Waals surface area contributed by atoms with Crippen molar-refractivity contribution in [3.8, 4) is 11.5 Å². The van der Waals surface area contributed by atoms with Crippen molar-refractivity contribution in [1.82, 2.24) is 4.90 Å². The highest BCUT2D eigenvalue weighted by atomic mass is 35.5. The molecule has 0 fully saturated rings. The first-order valence-electron chi connectivity index (χ1n) is 7.74. The second-order valence-corrected chi connectivity index (χ2v) is 6.77. The van der Waals surface area contributed by atoms with Crippen LogP contribution in [-0.2, 0) is 13.1 Å². The molecule has 0 aromatic heterocycles. The number of aliphatic hydroxyl groups excluding tert-OH is 1. The Morgan fingerprint density at radius 3 is 2.38 bits per heavy atom. The van der Waals surface area contributed by atoms with Crippen molar-refractivity contribution < 1.29 is 14.6 Å². The Balaban J connectivity index is 1.74. The monoisotopic (exact) mass is 367 g/mol. The van der Waals surface area contributed by atoms with Crippen molar-refractivity contribution in [2.45, 2.75) is 26.1 Å². The standard InChI is InChI=1S/C18H19Cl2NO3/c1-12(22)8-21(9-13-2-4-15(19)16(20)6-13)10-14-3-5-17-18(7-14)24-11-23-17/h2-7,12,22H,8-11H2,1H3. The molecule has 0 bridgehead atoms. The zero-order chi connectivity index (χ0) is 17.1. The lowest BCUT2D eigenvalue weighted by Gasteiger charge is -2.24. The van der Waals surface area contributed by atoms with Crippen LogP contribution >= 0.6 is 23.2 Å². The minimum absolute atomic E-state index is 0.263. The van der Waals surface area contributed by atoms with E-state index in [0.29, 0.717) is 29.7 Å². The van der Waals surface area contributed by atoms with Gasteiger partial charge in [-0.2, -0.15) is 0 Å². The SMILES string of the molecule is CC(O)CN(Cc1ccc(Cl)c(Cl)c1)Cc1ccc2c(c1)OCO2. The molecule has 1 heterocycles. The van der Waals surface area contributed by atoms with Crippen LogP contribution in [0.1, 0.15) is 18.1 Å². The fourth-order valence-electron chi connectivity index (χ4n) is 2.75. The Hall–Kier alpha value is -1.46. The molecule has 1 unspecified atom stereocenters. The molecule has 4 nitrogen and oxygen atoms in total. The third kappa shape index (κ3) is 4.33. The average Bonchev–Trinajstić information content (AvgIpc) is 2.98. The summed E-state index contributed by atoms with van der Waals surface area (Å²) in [6.07, 6.45) is -0.429. The molecule has 1 aliphatic heterocycles. The van der Waals surface area contributed by atoms with Crippen molar-refractivity contribution in [3.63, 3.8) is 0 Å². The van der Waals surface area contributed by atoms with E-state index in [4.69, 9.17) is 32.7 Å². The second kappa shape index (κ2) is 7.62. The number of benzene rings is 2. The van der Waals surface area contributed by atoms with Crippen molar-refractivity contribution in [1.29, 1.82) is 0 Å². The smallest absolute Gasteiger partial charge is 0.231 e. The van der Waals surface area contributed by atoms with Crippen LogP contribution in [0.4, 0.5) is 0 Å². The van der Waals surface area contributed by atoms with Gasteiger partial charge in [0.15, 0.2) is 11.5 Å². The average molecular weight is 368 g/mol. The summed E-state index contributed by atoms with van der Waals surface area (Å²) < 4.78 is 10.8. The molecule has 2 aromatic rings. The molecule has 1 atom stereocenters. The van der Waals surface area contributed by atoms with Crippen molar-refractivity contribution >= 4 is 23.2 Å². The molecule has 0 amide bonds. The van der Waals surface area contributed by atoms with E-state index in [1.807, 2.05) is 30.3 Å². The summed E-state index contributed by atoms with van der Waals surface area (Å²) in [5.74, 6) is 1.53. The molecule has 0 saturated heterocycles. The van der Waals surface area contributed by atoms with E-state index in [-0.39, 0.29) is 6.79 Å². The van der Waals surface area contributed by atoms with E-state index in [9.17, 15) is 5.11 Å². The van der Waals surface area contributed by atoms with Gasteiger partial charge in [0.05, 0.1) is 16.1 Å². The quantitative estimate of drug-likeness (QED) is 0.834. The van der Waals surface area contributed by atoms with Crippen molar-refractivity contribution in [2.24, 2.45) is 0 Å². The van der Waals surface area contributed by atoms with Crippen LogP contribution in [0.15, 0.2) is 36.4 Å². The van der Waals surface area contributed by atoms with Crippen molar-refractivity contribution in [3.05, 3.63) is 57.6 Å². The lowest BCUT2D eigenvalue weighted by molar-refractivity contribution is 0.118. The maximum Gasteiger partial charge on any atom is 0.231 e. The summed E-state index contributed by atoms with van der Waals surface area (Å²) in [7, 11) is 0. The molecule has 3 rings (SSSR count). The van der Waals surface area contributed by atoms with Crippen molar-refractivity contribution in [2.75, 3.05) is 13.3 Å². The van der Waals surface area contributed by atoms with Gasteiger partial charge in [-0.15, -0.1) is 0 Å². The highest BCUT2D eigenvalue weighted by Gasteiger charge is 2.16. The normalized spacial score (nSPS) is 14.2. The first-order chi connectivity index (χ1) is 11.5. The predicted octanol–water partition coefficient (Wildman–Crippen LogP) is 4.11. The Bertz CT molecular complexity index is 721. The first-order valence-corrected chi connectivity index (χ1v) is 8.50. The van der Waals surface area contributed by atoms with Gasteiger partial charge in [0.1, 0.15) is 0 Å². The van der Waals surface area contributed by atoms with Crippen LogP contribution in [0.2, 0.25) is 10.0 Å². The lowest BCUT2D eigenvalue weighted by Crippen LogP contribution is -2.30. The van der Waals surface area contributed by atoms with Crippen LogP contribution in [0.5, 0.6) is 11.5 Å². The van der Waals surface area contributed by atoms with Gasteiger partial charge in [0.25, 0.3) is 0 Å². The van der Waals surface area contributed by atoms with E-state index in [1.54, 1.807) is 13.0 Å². The molecule has 24 heavy (non-hydrogen) atoms. The minimum Gasteiger partial charge on any atom is -0.454 e. The van der Waals surface area contributed by atoms with E-state index in [1.165, 1.54) is 0 Å². The number of hydrogen-bond donors (Lipinski definition) is 1. The van der Waals surface area contributed by atoms with Gasteiger partial charge in [-0.1, -0.05) is 35.3 Å². The topological polar surface area (TPSA) is 41.9 Å². The van der Waals surface area contributed by atoms with Gasteiger partial charge in [0.2, 0.25) is 6.79 Å². The van der Waals surface area contributed by atoms with E-state index < -0.39 is 6.10 Å². The molecule has 128 valence electrons. The van der Waals surface area contributed by atoms with Gasteiger partial charge < -0.3 is 14.6 Å². The second-order valence-electron chi connectivity index (χ2n) is 5.95. The van der Waals surface area contributed by atoms with Crippen LogP contribution in [0.25, 0.3) is 0 Å². The summed E-state index contributed by atoms with van der Waals surface area (Å²) in [4.78, 5) is 2.15. The van der Waals surface area contributed by atoms with Gasteiger partial charge in [-0.3, -0.25) is 4.90 Å². The highest BCUT2D eigenvalue weighted by Crippen LogP contribution is 2.33. The molecule has 1 aliphatic rings. The fraction of sp³-hybridized carbons (Fsp3) is 0.333. The summed E-state index contributed by atoms with van der Waals surface area (Å²) in [6.45, 7) is 3.94. The number of halogens is 2. The summed E-state index contributed by atoms with van der Waals surface area (Å²) in [5.41, 5.74) is 2.14. The van der Waals surface area contributed by atoms with Gasteiger partial charge in [-0.05, 0) is 42.3 Å². The van der Waals surface area contributed by atoms with E-state index >= 15 is 0 Å². The van der Waals surface area contributed by atoms with Crippen LogP contribution < -0.4 is 9.47 Å². The third-order valence-corrected chi connectivity index (χ3v) is 4.49. The summed E-state index contributed by atoms with van der Waals surface area (Å²) in [6, 6.07) is 11.5. The van der Waals surface area contributed by atoms with Gasteiger partial charge in [-0.25, -0.2) is 0 Å². The molecular formula is C18H19Cl2NO3. The van der Waals surface area contributed by atoms with Gasteiger partial charge >= 0.3 is 0 Å². The Morgan fingerprint density at radius 2 is 1.67 bits per heavy atom. The third-order valence-electron chi connectivity index (χ3n) is 3.76. The number of hydrogen-bond acceptors (Lipinski definition) is 4. The molecular weight excluding hydrogens is 349 g/mol. The number of aliphatic hydroxyl groups is 1. The van der Waals surface area contributed by atoms with Crippen LogP contribution in [-0.4, -0.2) is 29.4 Å². The lowest BCUT2D eigenvalue weighted by atomic mass is 10.1. The number of rotatable bonds is 6. The molecule has 2 aromatic carbocycles. The first kappa shape index (κ1) is 17.4. The Morgan fingerprint density at radius 1 is 1.00 bits per heavy atom. The molecule has 1 N–H and O–H groups in total. The van der Waals surface area contributed by atoms with Gasteiger partial charge in [0, 0.05) is 19.6 Å². The van der Waals surface area contributed by atoms with E-state index in [0.717, 1.165) is 22.6 Å². The zero-order valence-corrected chi connectivity index (χ0v) is 14.8. The maximum absolute atomic E-state index is 9.80. The molecule has 0 spiro atoms. The number of fused-ring (bicyclic) bond motifs is 1. The summed E-state index contributed by atoms with van der Waals surface area (Å²) in [5, 5.41) is 10.9. The largest absolute Gasteiger partial charge is 0.454 e. The molecule has 0 radical (unpaired) electrons. The fourth-order valence-corrected chi connectivity index (χ4v) is 3.07. The zero-order valence-electron chi connectivity index (χ0n) is 13.3. The van der Waals surface area contributed by atoms with E-state index in [2.05, 4.69) is 4.90 Å². The molecule has 6 heteroatoms. The van der Waals surface area contributed by atoms with Crippen LogP contribution in [0, 0.1) is 0 Å².